The summed E-state index contributed by atoms with van der Waals surface area (Å²) < 4.78 is 7.16. The number of rotatable bonds is 4. The highest BCUT2D eigenvalue weighted by atomic mass is 32.1. The number of hydrogen-bond acceptors (Lipinski definition) is 6. The summed E-state index contributed by atoms with van der Waals surface area (Å²) in [5.41, 5.74) is 4.69. The number of fused-ring (bicyclic) bond motifs is 1. The van der Waals surface area contributed by atoms with Gasteiger partial charge in [-0.2, -0.15) is 0 Å². The average molecular weight is 351 g/mol. The fourth-order valence-electron chi connectivity index (χ4n) is 2.68. The molecule has 3 aromatic heterocycles. The number of nitrogens with one attached hydrogen (secondary N) is 1. The minimum Gasteiger partial charge on any atom is -0.497 e. The zero-order chi connectivity index (χ0) is 17.4. The second-order valence-corrected chi connectivity index (χ2v) is 6.53. The van der Waals surface area contributed by atoms with Crippen LogP contribution >= 0.6 is 11.3 Å². The van der Waals surface area contributed by atoms with Crippen molar-refractivity contribution in [1.29, 1.82) is 0 Å². The first-order valence-corrected chi connectivity index (χ1v) is 8.71. The number of benzene rings is 1. The lowest BCUT2D eigenvalue weighted by molar-refractivity contribution is 0.415. The summed E-state index contributed by atoms with van der Waals surface area (Å²) in [7, 11) is 1.66. The lowest BCUT2D eigenvalue weighted by atomic mass is 10.3. The van der Waals surface area contributed by atoms with Gasteiger partial charge in [-0.25, -0.2) is 15.0 Å². The molecule has 0 aliphatic heterocycles. The number of hydrogen-bond donors (Lipinski definition) is 1. The lowest BCUT2D eigenvalue weighted by Crippen LogP contribution is -1.94. The molecular weight excluding hydrogens is 334 g/mol. The largest absolute Gasteiger partial charge is 0.497 e. The minimum absolute atomic E-state index is 0.699. The summed E-state index contributed by atoms with van der Waals surface area (Å²) >= 11 is 1.56. The van der Waals surface area contributed by atoms with Gasteiger partial charge in [0.25, 0.3) is 0 Å². The summed E-state index contributed by atoms with van der Waals surface area (Å²) in [6.45, 7) is 3.94. The van der Waals surface area contributed by atoms with Crippen LogP contribution in [0.5, 0.6) is 5.75 Å². The van der Waals surface area contributed by atoms with E-state index in [1.165, 1.54) is 0 Å². The Kier molecular flexibility index (Phi) is 3.85. The van der Waals surface area contributed by atoms with Crippen LogP contribution in [0.25, 0.3) is 17.2 Å². The summed E-state index contributed by atoms with van der Waals surface area (Å²) in [6, 6.07) is 9.73. The number of methoxy groups -OCH3 is 1. The summed E-state index contributed by atoms with van der Waals surface area (Å²) in [5, 5.41) is 6.18. The van der Waals surface area contributed by atoms with Crippen molar-refractivity contribution in [2.24, 2.45) is 0 Å². The van der Waals surface area contributed by atoms with E-state index < -0.39 is 0 Å². The van der Waals surface area contributed by atoms with Crippen LogP contribution in [-0.4, -0.2) is 26.5 Å². The van der Waals surface area contributed by atoms with Crippen LogP contribution in [0.2, 0.25) is 0 Å². The van der Waals surface area contributed by atoms with Crippen molar-refractivity contribution >= 4 is 27.9 Å². The number of thiazole rings is 1. The molecule has 4 aromatic rings. The summed E-state index contributed by atoms with van der Waals surface area (Å²) in [6.07, 6.45) is 1.99. The lowest BCUT2D eigenvalue weighted by Gasteiger charge is -2.04. The minimum atomic E-state index is 0.699. The van der Waals surface area contributed by atoms with Gasteiger partial charge in [-0.05, 0) is 44.2 Å². The first kappa shape index (κ1) is 15.6. The molecule has 0 bridgehead atoms. The monoisotopic (exact) mass is 351 g/mol. The number of aryl methyl sites for hydroxylation is 2. The third kappa shape index (κ3) is 2.94. The van der Waals surface area contributed by atoms with Crippen LogP contribution in [0.15, 0.2) is 41.9 Å². The van der Waals surface area contributed by atoms with Gasteiger partial charge in [-0.3, -0.25) is 4.40 Å². The molecule has 6 nitrogen and oxygen atoms in total. The van der Waals surface area contributed by atoms with Crippen molar-refractivity contribution < 1.29 is 4.74 Å². The molecule has 0 aliphatic rings. The maximum absolute atomic E-state index is 5.18. The van der Waals surface area contributed by atoms with Gasteiger partial charge in [0.2, 0.25) is 5.78 Å². The van der Waals surface area contributed by atoms with Crippen molar-refractivity contribution in [3.05, 3.63) is 53.3 Å². The zero-order valence-corrected chi connectivity index (χ0v) is 15.0. The van der Waals surface area contributed by atoms with Gasteiger partial charge >= 0.3 is 0 Å². The molecule has 3 heterocycles. The maximum Gasteiger partial charge on any atom is 0.234 e. The van der Waals surface area contributed by atoms with Crippen molar-refractivity contribution in [3.63, 3.8) is 0 Å². The smallest absolute Gasteiger partial charge is 0.234 e. The molecular formula is C18H17N5OS. The molecule has 4 rings (SSSR count). The van der Waals surface area contributed by atoms with E-state index in [1.807, 2.05) is 60.2 Å². The normalized spacial score (nSPS) is 11.0. The highest BCUT2D eigenvalue weighted by Gasteiger charge is 2.15. The standard InChI is InChI=1S/C18H17N5OS/c1-11-8-9-23-16(12(2)20-17(23)19-11)15-10-25-18(22-15)21-13-4-6-14(24-3)7-5-13/h4-10H,1-3H3,(H,21,22). The molecule has 1 N–H and O–H groups in total. The van der Waals surface area contributed by atoms with E-state index in [4.69, 9.17) is 9.72 Å². The van der Waals surface area contributed by atoms with Gasteiger partial charge in [0.1, 0.15) is 11.4 Å². The first-order chi connectivity index (χ1) is 12.1. The Bertz CT molecular complexity index is 1040. The summed E-state index contributed by atoms with van der Waals surface area (Å²) in [5.74, 6) is 1.53. The van der Waals surface area contributed by atoms with Crippen molar-refractivity contribution in [2.45, 2.75) is 13.8 Å². The molecule has 126 valence electrons. The van der Waals surface area contributed by atoms with Gasteiger partial charge in [-0.15, -0.1) is 11.3 Å². The van der Waals surface area contributed by atoms with Crippen LogP contribution in [-0.2, 0) is 0 Å². The number of imidazole rings is 1. The van der Waals surface area contributed by atoms with Crippen LogP contribution in [0.3, 0.4) is 0 Å². The number of nitrogens with zero attached hydrogens (tertiary/aromatic N) is 4. The zero-order valence-electron chi connectivity index (χ0n) is 14.1. The third-order valence-corrected chi connectivity index (χ3v) is 4.65. The van der Waals surface area contributed by atoms with Gasteiger partial charge < -0.3 is 10.1 Å². The van der Waals surface area contributed by atoms with Crippen molar-refractivity contribution in [2.75, 3.05) is 12.4 Å². The van der Waals surface area contributed by atoms with E-state index in [2.05, 4.69) is 15.3 Å². The molecule has 0 spiro atoms. The van der Waals surface area contributed by atoms with E-state index >= 15 is 0 Å². The Balaban J connectivity index is 1.66. The predicted octanol–water partition coefficient (Wildman–Crippen LogP) is 4.22. The van der Waals surface area contributed by atoms with Gasteiger partial charge in [0, 0.05) is 23.0 Å². The van der Waals surface area contributed by atoms with E-state index in [0.29, 0.717) is 5.78 Å². The van der Waals surface area contributed by atoms with Crippen LogP contribution < -0.4 is 10.1 Å². The van der Waals surface area contributed by atoms with Crippen molar-refractivity contribution in [3.8, 4) is 17.1 Å². The molecule has 0 saturated heterocycles. The molecule has 7 heteroatoms. The Labute approximate surface area is 149 Å². The van der Waals surface area contributed by atoms with E-state index in [-0.39, 0.29) is 0 Å². The molecule has 0 aliphatic carbocycles. The SMILES string of the molecule is COc1ccc(Nc2nc(-c3c(C)nc4nc(C)ccn34)cs2)cc1. The molecule has 0 amide bonds. The molecule has 0 unspecified atom stereocenters. The van der Waals surface area contributed by atoms with E-state index in [9.17, 15) is 0 Å². The molecule has 25 heavy (non-hydrogen) atoms. The highest BCUT2D eigenvalue weighted by Crippen LogP contribution is 2.30. The number of anilines is 2. The average Bonchev–Trinajstić information content (AvgIpc) is 3.18. The maximum atomic E-state index is 5.18. The molecule has 0 radical (unpaired) electrons. The van der Waals surface area contributed by atoms with Gasteiger partial charge in [0.05, 0.1) is 18.5 Å². The van der Waals surface area contributed by atoms with Gasteiger partial charge in [-0.1, -0.05) is 0 Å². The molecule has 1 aromatic carbocycles. The molecule has 0 saturated carbocycles. The Morgan fingerprint density at radius 3 is 2.60 bits per heavy atom. The predicted molar refractivity (Wildman–Crippen MR) is 99.8 cm³/mol. The van der Waals surface area contributed by atoms with Crippen LogP contribution in [0.1, 0.15) is 11.4 Å². The fourth-order valence-corrected chi connectivity index (χ4v) is 3.39. The second-order valence-electron chi connectivity index (χ2n) is 5.68. The van der Waals surface area contributed by atoms with Crippen molar-refractivity contribution in [1.82, 2.24) is 19.4 Å². The Hall–Kier alpha value is -2.93. The Morgan fingerprint density at radius 1 is 1.04 bits per heavy atom. The molecule has 0 atom stereocenters. The fraction of sp³-hybridized carbons (Fsp3) is 0.167. The summed E-state index contributed by atoms with van der Waals surface area (Å²) in [4.78, 5) is 13.7. The highest BCUT2D eigenvalue weighted by molar-refractivity contribution is 7.14. The third-order valence-electron chi connectivity index (χ3n) is 3.90. The molecule has 0 fully saturated rings. The Morgan fingerprint density at radius 2 is 1.84 bits per heavy atom. The second kappa shape index (κ2) is 6.18. The van der Waals surface area contributed by atoms with Gasteiger partial charge in [0.15, 0.2) is 5.13 Å². The van der Waals surface area contributed by atoms with Crippen LogP contribution in [0.4, 0.5) is 10.8 Å². The van der Waals surface area contributed by atoms with E-state index in [1.54, 1.807) is 18.4 Å². The van der Waals surface area contributed by atoms with Crippen LogP contribution in [0, 0.1) is 13.8 Å². The first-order valence-electron chi connectivity index (χ1n) is 7.83. The number of aromatic nitrogens is 4. The quantitative estimate of drug-likeness (QED) is 0.596. The van der Waals surface area contributed by atoms with E-state index in [0.717, 1.165) is 39.3 Å². The number of ether oxygens (including phenoxy) is 1. The topological polar surface area (TPSA) is 64.3 Å².